The molecule has 31 heavy (non-hydrogen) atoms. The van der Waals surface area contributed by atoms with Crippen LogP contribution >= 0.6 is 23.1 Å². The van der Waals surface area contributed by atoms with Crippen LogP contribution < -0.4 is 0 Å². The first-order chi connectivity index (χ1) is 14.9. The van der Waals surface area contributed by atoms with Crippen LogP contribution in [0.3, 0.4) is 0 Å². The van der Waals surface area contributed by atoms with Crippen LogP contribution in [0.15, 0.2) is 24.5 Å². The molecule has 4 rings (SSSR count). The van der Waals surface area contributed by atoms with Crippen molar-refractivity contribution in [3.8, 4) is 10.8 Å². The second-order valence-corrected chi connectivity index (χ2v) is 8.22. The number of fused-ring (bicyclic) bond motifs is 1. The molecular formula is C21H21ClFN5O2S. The number of carbonyl (C=O) groups excluding carboxylic acids is 1. The lowest BCUT2D eigenvalue weighted by Gasteiger charge is -2.35. The third-order valence-electron chi connectivity index (χ3n) is 5.10. The Hall–Kier alpha value is -2.78. The Morgan fingerprint density at radius 1 is 1.39 bits per heavy atom. The molecule has 162 valence electrons. The van der Waals surface area contributed by atoms with Crippen LogP contribution in [0.1, 0.15) is 47.5 Å². The van der Waals surface area contributed by atoms with Gasteiger partial charge in [0.2, 0.25) is 0 Å². The molecule has 0 fully saturated rings. The number of aryl methyl sites for hydroxylation is 1. The maximum atomic E-state index is 13.9. The zero-order valence-electron chi connectivity index (χ0n) is 17.3. The average Bonchev–Trinajstić information content (AvgIpc) is 3.34. The molecule has 0 N–H and O–H groups in total. The summed E-state index contributed by atoms with van der Waals surface area (Å²) >= 11 is 7.06. The van der Waals surface area contributed by atoms with Gasteiger partial charge in [0, 0.05) is 24.7 Å². The van der Waals surface area contributed by atoms with Gasteiger partial charge in [0.15, 0.2) is 10.8 Å². The van der Waals surface area contributed by atoms with Crippen LogP contribution in [0.4, 0.5) is 4.39 Å². The van der Waals surface area contributed by atoms with Crippen molar-refractivity contribution in [1.29, 1.82) is 0 Å². The van der Waals surface area contributed by atoms with Crippen LogP contribution in [0, 0.1) is 12.7 Å². The Labute approximate surface area is 188 Å². The Kier molecular flexibility index (Phi) is 6.06. The maximum absolute atomic E-state index is 13.9. The van der Waals surface area contributed by atoms with E-state index >= 15 is 0 Å². The van der Waals surface area contributed by atoms with Crippen LogP contribution in [0.5, 0.6) is 0 Å². The van der Waals surface area contributed by atoms with Gasteiger partial charge in [-0.3, -0.25) is 4.79 Å². The first-order valence-corrected chi connectivity index (χ1v) is 11.0. The molecule has 3 aromatic rings. The molecule has 0 saturated heterocycles. The quantitative estimate of drug-likeness (QED) is 0.514. The van der Waals surface area contributed by atoms with Crippen molar-refractivity contribution in [2.45, 2.75) is 33.4 Å². The summed E-state index contributed by atoms with van der Waals surface area (Å²) in [6.07, 6.45) is 3.39. The highest BCUT2D eigenvalue weighted by molar-refractivity contribution is 7.09. The van der Waals surface area contributed by atoms with Crippen LogP contribution in [-0.4, -0.2) is 42.9 Å². The smallest absolute Gasteiger partial charge is 0.254 e. The number of amides is 1. The number of ether oxygens (including phenoxy) is 1. The van der Waals surface area contributed by atoms with E-state index in [-0.39, 0.29) is 22.5 Å². The van der Waals surface area contributed by atoms with Crippen LogP contribution in [0.25, 0.3) is 16.9 Å². The molecule has 0 spiro atoms. The number of aromatic nitrogens is 4. The lowest BCUT2D eigenvalue weighted by molar-refractivity contribution is 0.0644. The van der Waals surface area contributed by atoms with Gasteiger partial charge in [-0.25, -0.2) is 14.4 Å². The Morgan fingerprint density at radius 3 is 2.87 bits per heavy atom. The van der Waals surface area contributed by atoms with Gasteiger partial charge in [-0.15, -0.1) is 0 Å². The molecule has 1 aliphatic rings. The molecule has 1 aromatic carbocycles. The molecule has 1 amide bonds. The van der Waals surface area contributed by atoms with Crippen molar-refractivity contribution in [1.82, 2.24) is 23.8 Å². The molecule has 10 heteroatoms. The molecule has 0 bridgehead atoms. The summed E-state index contributed by atoms with van der Waals surface area (Å²) in [5.74, 6) is 0.530. The monoisotopic (exact) mass is 461 g/mol. The molecule has 2 aromatic heterocycles. The zero-order chi connectivity index (χ0) is 22.1. The number of nitrogens with zero attached hydrogens (tertiary/aromatic N) is 5. The van der Waals surface area contributed by atoms with Crippen LogP contribution in [0.2, 0.25) is 5.02 Å². The van der Waals surface area contributed by atoms with Gasteiger partial charge in [0.25, 0.3) is 5.91 Å². The molecule has 3 heterocycles. The number of halogens is 2. The lowest BCUT2D eigenvalue weighted by Crippen LogP contribution is -2.41. The molecule has 0 unspecified atom stereocenters. The SMILES string of the molecule is CCO/C=C/c1nc(-c2nc(C)ns2)n2c1[C@@H](C)N(C(=O)c1ccc(Cl)c(F)c1)CC2. The number of rotatable bonds is 5. The molecule has 0 aliphatic carbocycles. The summed E-state index contributed by atoms with van der Waals surface area (Å²) in [4.78, 5) is 24.1. The van der Waals surface area contributed by atoms with Crippen molar-refractivity contribution in [2.24, 2.45) is 0 Å². The fraction of sp³-hybridized carbons (Fsp3) is 0.333. The van der Waals surface area contributed by atoms with Gasteiger partial charge in [-0.1, -0.05) is 11.6 Å². The number of hydrogen-bond donors (Lipinski definition) is 0. The topological polar surface area (TPSA) is 73.1 Å². The average molecular weight is 462 g/mol. The van der Waals surface area contributed by atoms with Crippen molar-refractivity contribution < 1.29 is 13.9 Å². The van der Waals surface area contributed by atoms with Gasteiger partial charge in [0.05, 0.1) is 35.3 Å². The molecular weight excluding hydrogens is 441 g/mol. The fourth-order valence-corrected chi connectivity index (χ4v) is 4.44. The largest absolute Gasteiger partial charge is 0.501 e. The highest BCUT2D eigenvalue weighted by Gasteiger charge is 2.34. The number of imidazole rings is 1. The first-order valence-electron chi connectivity index (χ1n) is 9.86. The van der Waals surface area contributed by atoms with E-state index in [1.807, 2.05) is 20.8 Å². The third kappa shape index (κ3) is 4.07. The number of hydrogen-bond acceptors (Lipinski definition) is 6. The second kappa shape index (κ2) is 8.76. The number of carbonyl (C=O) groups is 1. The lowest BCUT2D eigenvalue weighted by atomic mass is 10.1. The standard InChI is InChI=1S/C21H21ClFN5O2S/c1-4-30-10-7-17-18-12(2)27(21(29)14-5-6-15(22)16(23)11-14)8-9-28(18)19(25-17)20-24-13(3)26-31-20/h5-7,10-12H,4,8-9H2,1-3H3/b10-7+/t12-/m1/s1. The van der Waals surface area contributed by atoms with E-state index in [9.17, 15) is 9.18 Å². The van der Waals surface area contributed by atoms with E-state index in [0.29, 0.717) is 37.0 Å². The molecule has 1 aliphatic heterocycles. The first kappa shape index (κ1) is 21.5. The van der Waals surface area contributed by atoms with Crippen molar-refractivity contribution in [3.05, 3.63) is 58.1 Å². The van der Waals surface area contributed by atoms with Crippen molar-refractivity contribution in [2.75, 3.05) is 13.2 Å². The van der Waals surface area contributed by atoms with E-state index in [1.54, 1.807) is 17.2 Å². The third-order valence-corrected chi connectivity index (χ3v) is 6.21. The highest BCUT2D eigenvalue weighted by Crippen LogP contribution is 2.35. The summed E-state index contributed by atoms with van der Waals surface area (Å²) < 4.78 is 25.6. The van der Waals surface area contributed by atoms with Crippen molar-refractivity contribution in [3.63, 3.8) is 0 Å². The van der Waals surface area contributed by atoms with E-state index in [1.165, 1.54) is 29.7 Å². The van der Waals surface area contributed by atoms with Crippen molar-refractivity contribution >= 4 is 35.1 Å². The Morgan fingerprint density at radius 2 is 2.19 bits per heavy atom. The van der Waals surface area contributed by atoms with Gasteiger partial charge in [-0.2, -0.15) is 4.37 Å². The van der Waals surface area contributed by atoms with Gasteiger partial charge < -0.3 is 14.2 Å². The minimum Gasteiger partial charge on any atom is -0.501 e. The summed E-state index contributed by atoms with van der Waals surface area (Å²) in [7, 11) is 0. The maximum Gasteiger partial charge on any atom is 0.254 e. The van der Waals surface area contributed by atoms with E-state index in [2.05, 4.69) is 13.9 Å². The molecule has 7 nitrogen and oxygen atoms in total. The van der Waals surface area contributed by atoms with Crippen LogP contribution in [-0.2, 0) is 11.3 Å². The van der Waals surface area contributed by atoms with Gasteiger partial charge in [0.1, 0.15) is 11.6 Å². The molecule has 1 atom stereocenters. The van der Waals surface area contributed by atoms with E-state index in [0.717, 1.165) is 10.7 Å². The minimum atomic E-state index is -0.614. The molecule has 0 saturated carbocycles. The summed E-state index contributed by atoms with van der Waals surface area (Å²) in [5, 5.41) is 0.711. The predicted octanol–water partition coefficient (Wildman–Crippen LogP) is 4.73. The normalized spacial score (nSPS) is 16.0. The van der Waals surface area contributed by atoms with E-state index in [4.69, 9.17) is 21.3 Å². The number of benzene rings is 1. The zero-order valence-corrected chi connectivity index (χ0v) is 18.9. The summed E-state index contributed by atoms with van der Waals surface area (Å²) in [6.45, 7) is 7.19. The van der Waals surface area contributed by atoms with Gasteiger partial charge in [-0.05, 0) is 50.5 Å². The Balaban J connectivity index is 1.74. The van der Waals surface area contributed by atoms with E-state index < -0.39 is 5.82 Å². The van der Waals surface area contributed by atoms with Gasteiger partial charge >= 0.3 is 0 Å². The second-order valence-electron chi connectivity index (χ2n) is 7.07. The predicted molar refractivity (Wildman–Crippen MR) is 117 cm³/mol. The minimum absolute atomic E-state index is 0.0124. The summed E-state index contributed by atoms with van der Waals surface area (Å²) in [6, 6.07) is 3.82. The summed E-state index contributed by atoms with van der Waals surface area (Å²) in [5.41, 5.74) is 1.82. The molecule has 0 radical (unpaired) electrons. The highest BCUT2D eigenvalue weighted by atomic mass is 35.5. The Bertz CT molecular complexity index is 1160. The fourth-order valence-electron chi connectivity index (χ4n) is 3.65.